The van der Waals surface area contributed by atoms with Crippen molar-refractivity contribution < 1.29 is 18.3 Å². The lowest BCUT2D eigenvalue weighted by Crippen LogP contribution is -2.22. The van der Waals surface area contributed by atoms with Gasteiger partial charge in [0, 0.05) is 29.9 Å². The fourth-order valence-electron chi connectivity index (χ4n) is 2.85. The van der Waals surface area contributed by atoms with Crippen LogP contribution in [-0.4, -0.2) is 15.9 Å². The van der Waals surface area contributed by atoms with E-state index in [1.165, 1.54) is 30.5 Å². The van der Waals surface area contributed by atoms with Crippen molar-refractivity contribution in [2.45, 2.75) is 6.54 Å². The minimum atomic E-state index is -0.374. The maximum atomic E-state index is 13.4. The molecule has 0 spiro atoms. The number of rotatable bonds is 6. The highest BCUT2D eigenvalue weighted by Gasteiger charge is 2.08. The maximum Gasteiger partial charge on any atom is 0.251 e. The predicted octanol–water partition coefficient (Wildman–Crippen LogP) is 5.14. The molecule has 0 atom stereocenters. The Balaban J connectivity index is 1.40. The maximum absolute atomic E-state index is 13.4. The van der Waals surface area contributed by atoms with Crippen molar-refractivity contribution in [2.75, 3.05) is 0 Å². The molecule has 1 aromatic heterocycles. The molecule has 4 aromatic rings. The molecule has 1 amide bonds. The highest BCUT2D eigenvalue weighted by atomic mass is 19.1. The first-order chi connectivity index (χ1) is 15.1. The van der Waals surface area contributed by atoms with E-state index < -0.39 is 0 Å². The third-order valence-corrected chi connectivity index (χ3v) is 4.42. The zero-order valence-corrected chi connectivity index (χ0v) is 16.3. The van der Waals surface area contributed by atoms with E-state index in [0.717, 1.165) is 5.56 Å². The van der Waals surface area contributed by atoms with Gasteiger partial charge in [-0.1, -0.05) is 24.3 Å². The fourth-order valence-corrected chi connectivity index (χ4v) is 2.85. The van der Waals surface area contributed by atoms with Crippen LogP contribution in [0.3, 0.4) is 0 Å². The van der Waals surface area contributed by atoms with Gasteiger partial charge in [0.15, 0.2) is 5.82 Å². The summed E-state index contributed by atoms with van der Waals surface area (Å²) >= 11 is 0. The van der Waals surface area contributed by atoms with Crippen LogP contribution in [0.5, 0.6) is 11.6 Å². The van der Waals surface area contributed by atoms with Crippen LogP contribution in [-0.2, 0) is 6.54 Å². The van der Waals surface area contributed by atoms with Gasteiger partial charge in [0.2, 0.25) is 5.88 Å². The third-order valence-electron chi connectivity index (χ3n) is 4.42. The van der Waals surface area contributed by atoms with Gasteiger partial charge in [0.05, 0.1) is 0 Å². The Morgan fingerprint density at radius 2 is 1.68 bits per heavy atom. The summed E-state index contributed by atoms with van der Waals surface area (Å²) < 4.78 is 32.1. The van der Waals surface area contributed by atoms with Crippen LogP contribution >= 0.6 is 0 Å². The van der Waals surface area contributed by atoms with Gasteiger partial charge in [0.1, 0.15) is 17.4 Å². The van der Waals surface area contributed by atoms with Crippen molar-refractivity contribution in [3.8, 4) is 23.0 Å². The Labute approximate surface area is 177 Å². The van der Waals surface area contributed by atoms with Gasteiger partial charge in [-0.25, -0.2) is 13.8 Å². The molecule has 0 aliphatic rings. The number of carbonyl (C=O) groups excluding carboxylic acids is 1. The first kappa shape index (κ1) is 20.2. The standard InChI is InChI=1S/C24H17F2N3O2/c25-19-8-4-16(5-9-19)15-28-24(30)17-6-10-21(11-7-17)31-22-12-13-27-23(29-22)18-2-1-3-20(26)14-18/h1-14H,15H2,(H,28,30). The van der Waals surface area contributed by atoms with Gasteiger partial charge in [-0.05, 0) is 54.1 Å². The molecule has 0 saturated carbocycles. The highest BCUT2D eigenvalue weighted by molar-refractivity contribution is 5.94. The predicted molar refractivity (Wildman–Crippen MR) is 112 cm³/mol. The third kappa shape index (κ3) is 5.27. The molecular formula is C24H17F2N3O2. The number of hydrogen-bond donors (Lipinski definition) is 1. The van der Waals surface area contributed by atoms with E-state index in [4.69, 9.17) is 4.74 Å². The van der Waals surface area contributed by atoms with E-state index in [2.05, 4.69) is 15.3 Å². The number of benzene rings is 3. The Morgan fingerprint density at radius 1 is 0.903 bits per heavy atom. The molecule has 0 aliphatic carbocycles. The van der Waals surface area contributed by atoms with Gasteiger partial charge in [-0.2, -0.15) is 4.98 Å². The number of aromatic nitrogens is 2. The van der Waals surface area contributed by atoms with Gasteiger partial charge >= 0.3 is 0 Å². The Bertz CT molecular complexity index is 1200. The normalized spacial score (nSPS) is 10.5. The summed E-state index contributed by atoms with van der Waals surface area (Å²) in [4.78, 5) is 20.8. The van der Waals surface area contributed by atoms with E-state index >= 15 is 0 Å². The molecule has 1 N–H and O–H groups in total. The van der Waals surface area contributed by atoms with Crippen molar-refractivity contribution in [2.24, 2.45) is 0 Å². The van der Waals surface area contributed by atoms with Gasteiger partial charge < -0.3 is 10.1 Å². The van der Waals surface area contributed by atoms with Crippen LogP contribution in [0.15, 0.2) is 85.1 Å². The summed E-state index contributed by atoms with van der Waals surface area (Å²) in [7, 11) is 0. The van der Waals surface area contributed by atoms with E-state index in [-0.39, 0.29) is 17.5 Å². The molecule has 5 nitrogen and oxygen atoms in total. The quantitative estimate of drug-likeness (QED) is 0.472. The van der Waals surface area contributed by atoms with Crippen molar-refractivity contribution in [3.05, 3.63) is 108 Å². The van der Waals surface area contributed by atoms with Crippen LogP contribution in [0.1, 0.15) is 15.9 Å². The number of nitrogens with one attached hydrogen (secondary N) is 1. The summed E-state index contributed by atoms with van der Waals surface area (Å²) in [6.07, 6.45) is 1.53. The van der Waals surface area contributed by atoms with E-state index in [1.54, 1.807) is 54.6 Å². The van der Waals surface area contributed by atoms with E-state index in [0.29, 0.717) is 35.1 Å². The topological polar surface area (TPSA) is 64.1 Å². The van der Waals surface area contributed by atoms with E-state index in [1.807, 2.05) is 0 Å². The molecule has 3 aromatic carbocycles. The number of nitrogens with zero attached hydrogens (tertiary/aromatic N) is 2. The van der Waals surface area contributed by atoms with Crippen LogP contribution in [0.2, 0.25) is 0 Å². The molecule has 0 unspecified atom stereocenters. The summed E-state index contributed by atoms with van der Waals surface area (Å²) in [5.74, 6) is 0.167. The highest BCUT2D eigenvalue weighted by Crippen LogP contribution is 2.23. The minimum absolute atomic E-state index is 0.258. The second-order valence-electron chi connectivity index (χ2n) is 6.66. The molecular weight excluding hydrogens is 400 g/mol. The Kier molecular flexibility index (Phi) is 5.93. The number of halogens is 2. The Hall–Kier alpha value is -4.13. The summed E-state index contributed by atoms with van der Waals surface area (Å²) in [5.41, 5.74) is 1.80. The smallest absolute Gasteiger partial charge is 0.251 e. The molecule has 154 valence electrons. The lowest BCUT2D eigenvalue weighted by atomic mass is 10.2. The van der Waals surface area contributed by atoms with Crippen molar-refractivity contribution >= 4 is 5.91 Å². The molecule has 0 saturated heterocycles. The molecule has 0 aliphatic heterocycles. The second kappa shape index (κ2) is 9.13. The van der Waals surface area contributed by atoms with Crippen molar-refractivity contribution in [1.82, 2.24) is 15.3 Å². The zero-order chi connectivity index (χ0) is 21.6. The number of ether oxygens (including phenoxy) is 1. The minimum Gasteiger partial charge on any atom is -0.439 e. The van der Waals surface area contributed by atoms with Crippen LogP contribution in [0.4, 0.5) is 8.78 Å². The lowest BCUT2D eigenvalue weighted by Gasteiger charge is -2.08. The molecule has 31 heavy (non-hydrogen) atoms. The van der Waals surface area contributed by atoms with Gasteiger partial charge in [-0.15, -0.1) is 0 Å². The second-order valence-corrected chi connectivity index (χ2v) is 6.66. The molecule has 0 fully saturated rings. The van der Waals surface area contributed by atoms with Crippen LogP contribution in [0, 0.1) is 11.6 Å². The van der Waals surface area contributed by atoms with Crippen LogP contribution in [0.25, 0.3) is 11.4 Å². The molecule has 0 radical (unpaired) electrons. The molecule has 1 heterocycles. The zero-order valence-electron chi connectivity index (χ0n) is 16.3. The van der Waals surface area contributed by atoms with Gasteiger partial charge in [-0.3, -0.25) is 4.79 Å². The van der Waals surface area contributed by atoms with E-state index in [9.17, 15) is 13.6 Å². The van der Waals surface area contributed by atoms with Crippen molar-refractivity contribution in [3.63, 3.8) is 0 Å². The number of hydrogen-bond acceptors (Lipinski definition) is 4. The average molecular weight is 417 g/mol. The summed E-state index contributed by atoms with van der Waals surface area (Å²) in [5, 5.41) is 2.78. The monoisotopic (exact) mass is 417 g/mol. The average Bonchev–Trinajstić information content (AvgIpc) is 2.79. The number of amides is 1. The fraction of sp³-hybridized carbons (Fsp3) is 0.0417. The largest absolute Gasteiger partial charge is 0.439 e. The molecule has 0 bridgehead atoms. The first-order valence-electron chi connectivity index (χ1n) is 9.46. The lowest BCUT2D eigenvalue weighted by molar-refractivity contribution is 0.0951. The SMILES string of the molecule is O=C(NCc1ccc(F)cc1)c1ccc(Oc2ccnc(-c3cccc(F)c3)n2)cc1. The molecule has 7 heteroatoms. The number of carbonyl (C=O) groups is 1. The summed E-state index contributed by atoms with van der Waals surface area (Å²) in [6.45, 7) is 0.293. The van der Waals surface area contributed by atoms with Gasteiger partial charge in [0.25, 0.3) is 5.91 Å². The Morgan fingerprint density at radius 3 is 2.42 bits per heavy atom. The summed E-state index contributed by atoms with van der Waals surface area (Å²) in [6, 6.07) is 20.1. The van der Waals surface area contributed by atoms with Crippen LogP contribution < -0.4 is 10.1 Å². The van der Waals surface area contributed by atoms with Crippen molar-refractivity contribution in [1.29, 1.82) is 0 Å². The molecule has 4 rings (SSSR count). The first-order valence-corrected chi connectivity index (χ1v) is 9.46.